The second-order valence-corrected chi connectivity index (χ2v) is 8.05. The molecule has 30 heavy (non-hydrogen) atoms. The van der Waals surface area contributed by atoms with Crippen LogP contribution in [-0.2, 0) is 11.3 Å². The Labute approximate surface area is 187 Å². The van der Waals surface area contributed by atoms with Gasteiger partial charge in [-0.3, -0.25) is 4.79 Å². The molecule has 0 aliphatic rings. The van der Waals surface area contributed by atoms with Crippen molar-refractivity contribution in [3.8, 4) is 5.75 Å². The molecule has 158 valence electrons. The van der Waals surface area contributed by atoms with Gasteiger partial charge in [-0.25, -0.2) is 4.39 Å². The fraction of sp³-hybridized carbons (Fsp3) is 0.250. The number of rotatable bonds is 8. The van der Waals surface area contributed by atoms with Gasteiger partial charge in [-0.2, -0.15) is 0 Å². The van der Waals surface area contributed by atoms with Crippen LogP contribution < -0.4 is 10.1 Å². The van der Waals surface area contributed by atoms with Gasteiger partial charge >= 0.3 is 0 Å². The van der Waals surface area contributed by atoms with Crippen LogP contribution in [0.1, 0.15) is 25.8 Å². The summed E-state index contributed by atoms with van der Waals surface area (Å²) in [6, 6.07) is 10.6. The molecular weight excluding hydrogens is 450 g/mol. The third-order valence-electron chi connectivity index (χ3n) is 4.09. The van der Waals surface area contributed by atoms with Gasteiger partial charge in [0.1, 0.15) is 11.6 Å². The van der Waals surface area contributed by atoms with Gasteiger partial charge in [0.05, 0.1) is 16.5 Å². The van der Waals surface area contributed by atoms with Crippen LogP contribution in [0.2, 0.25) is 10.0 Å². The molecule has 0 radical (unpaired) electrons. The fourth-order valence-electron chi connectivity index (χ4n) is 2.68. The van der Waals surface area contributed by atoms with Crippen molar-refractivity contribution in [2.45, 2.75) is 31.7 Å². The van der Waals surface area contributed by atoms with Crippen LogP contribution in [0.4, 0.5) is 10.1 Å². The Balaban J connectivity index is 1.64. The molecule has 1 atom stereocenters. The highest BCUT2D eigenvalue weighted by Crippen LogP contribution is 2.27. The molecule has 1 N–H and O–H groups in total. The Bertz CT molecular complexity index is 1030. The Morgan fingerprint density at radius 2 is 1.97 bits per heavy atom. The van der Waals surface area contributed by atoms with Crippen molar-refractivity contribution < 1.29 is 13.9 Å². The highest BCUT2D eigenvalue weighted by Gasteiger charge is 2.19. The van der Waals surface area contributed by atoms with Gasteiger partial charge in [0.15, 0.2) is 17.1 Å². The maximum absolute atomic E-state index is 13.1. The molecule has 10 heteroatoms. The minimum Gasteiger partial charge on any atom is -0.483 e. The molecular formula is C20H19Cl2FN4O2S. The zero-order chi connectivity index (χ0) is 21.7. The Morgan fingerprint density at radius 3 is 2.67 bits per heavy atom. The zero-order valence-corrected chi connectivity index (χ0v) is 18.6. The molecule has 0 aliphatic carbocycles. The first-order valence-corrected chi connectivity index (χ1v) is 10.8. The molecule has 0 spiro atoms. The number of carbonyl (C=O) groups excluding carboxylic acids is 1. The van der Waals surface area contributed by atoms with Gasteiger partial charge in [-0.05, 0) is 56.3 Å². The van der Waals surface area contributed by atoms with Gasteiger partial charge in [-0.1, -0.05) is 35.0 Å². The van der Waals surface area contributed by atoms with Crippen molar-refractivity contribution in [2.75, 3.05) is 11.1 Å². The van der Waals surface area contributed by atoms with Crippen LogP contribution in [0, 0.1) is 5.82 Å². The summed E-state index contributed by atoms with van der Waals surface area (Å²) in [6.07, 6.45) is -0.406. The summed E-state index contributed by atoms with van der Waals surface area (Å²) in [6.45, 7) is 4.39. The molecule has 0 bridgehead atoms. The summed E-state index contributed by atoms with van der Waals surface area (Å²) in [5.74, 6) is 0.688. The van der Waals surface area contributed by atoms with Crippen molar-refractivity contribution in [1.82, 2.24) is 14.8 Å². The van der Waals surface area contributed by atoms with Crippen LogP contribution in [0.5, 0.6) is 5.75 Å². The average molecular weight is 469 g/mol. The molecule has 2 aromatic carbocycles. The quantitative estimate of drug-likeness (QED) is 0.434. The van der Waals surface area contributed by atoms with Gasteiger partial charge in [0.25, 0.3) is 0 Å². The Kier molecular flexibility index (Phi) is 7.58. The molecule has 1 unspecified atom stereocenters. The number of nitrogens with zero attached hydrogens (tertiary/aromatic N) is 3. The molecule has 3 aromatic rings. The second kappa shape index (κ2) is 10.1. The van der Waals surface area contributed by atoms with Crippen molar-refractivity contribution in [1.29, 1.82) is 0 Å². The first-order chi connectivity index (χ1) is 14.4. The van der Waals surface area contributed by atoms with Crippen LogP contribution in [0.3, 0.4) is 0 Å². The summed E-state index contributed by atoms with van der Waals surface area (Å²) in [5, 5.41) is 12.6. The van der Waals surface area contributed by atoms with E-state index in [4.69, 9.17) is 27.9 Å². The topological polar surface area (TPSA) is 69.0 Å². The van der Waals surface area contributed by atoms with Crippen LogP contribution in [0.15, 0.2) is 47.6 Å². The smallest absolute Gasteiger partial charge is 0.234 e. The highest BCUT2D eigenvalue weighted by atomic mass is 35.5. The lowest BCUT2D eigenvalue weighted by atomic mass is 10.3. The Morgan fingerprint density at radius 1 is 1.23 bits per heavy atom. The minimum absolute atomic E-state index is 0.119. The van der Waals surface area contributed by atoms with E-state index in [0.29, 0.717) is 39.0 Å². The lowest BCUT2D eigenvalue weighted by Crippen LogP contribution is -2.15. The number of ether oxygens (including phenoxy) is 1. The van der Waals surface area contributed by atoms with Gasteiger partial charge in [0.2, 0.25) is 5.91 Å². The standard InChI is InChI=1S/C20H19Cl2FN4O2S/c1-3-27-19(12(2)29-15-7-5-14(23)6-8-15)25-26-20(27)30-11-18(28)24-17-10-13(21)4-9-16(17)22/h4-10,12H,3,11H2,1-2H3,(H,24,28). The molecule has 0 saturated heterocycles. The number of nitrogens with one attached hydrogen (secondary N) is 1. The molecule has 1 aromatic heterocycles. The van der Waals surface area contributed by atoms with Crippen LogP contribution in [0.25, 0.3) is 0 Å². The summed E-state index contributed by atoms with van der Waals surface area (Å²) in [4.78, 5) is 12.3. The first kappa shape index (κ1) is 22.4. The number of anilines is 1. The van der Waals surface area contributed by atoms with Crippen molar-refractivity contribution in [3.63, 3.8) is 0 Å². The summed E-state index contributed by atoms with van der Waals surface area (Å²) in [5.41, 5.74) is 0.453. The van der Waals surface area contributed by atoms with E-state index in [2.05, 4.69) is 15.5 Å². The summed E-state index contributed by atoms with van der Waals surface area (Å²) in [7, 11) is 0. The average Bonchev–Trinajstić information content (AvgIpc) is 3.14. The molecule has 0 saturated carbocycles. The molecule has 6 nitrogen and oxygen atoms in total. The maximum atomic E-state index is 13.1. The summed E-state index contributed by atoms with van der Waals surface area (Å²) >= 11 is 13.3. The number of thioether (sulfide) groups is 1. The molecule has 0 fully saturated rings. The summed E-state index contributed by atoms with van der Waals surface area (Å²) < 4.78 is 20.8. The van der Waals surface area contributed by atoms with Crippen LogP contribution >= 0.6 is 35.0 Å². The largest absolute Gasteiger partial charge is 0.483 e. The van der Waals surface area contributed by atoms with Crippen molar-refractivity contribution >= 4 is 46.6 Å². The maximum Gasteiger partial charge on any atom is 0.234 e. The van der Waals surface area contributed by atoms with E-state index >= 15 is 0 Å². The molecule has 1 amide bonds. The Hall–Kier alpha value is -2.29. The zero-order valence-electron chi connectivity index (χ0n) is 16.2. The van der Waals surface area contributed by atoms with E-state index in [9.17, 15) is 9.18 Å². The normalized spacial score (nSPS) is 11.9. The van der Waals surface area contributed by atoms with Gasteiger partial charge in [0, 0.05) is 11.6 Å². The van der Waals surface area contributed by atoms with Crippen molar-refractivity contribution in [3.05, 3.63) is 64.2 Å². The number of halogens is 3. The predicted molar refractivity (Wildman–Crippen MR) is 117 cm³/mol. The third kappa shape index (κ3) is 5.65. The lowest BCUT2D eigenvalue weighted by Gasteiger charge is -2.15. The highest BCUT2D eigenvalue weighted by molar-refractivity contribution is 7.99. The lowest BCUT2D eigenvalue weighted by molar-refractivity contribution is -0.113. The number of amides is 1. The molecule has 0 aliphatic heterocycles. The number of carbonyl (C=O) groups is 1. The predicted octanol–water partition coefficient (Wildman–Crippen LogP) is 5.61. The minimum atomic E-state index is -0.406. The van der Waals surface area contributed by atoms with Gasteiger partial charge < -0.3 is 14.6 Å². The van der Waals surface area contributed by atoms with E-state index < -0.39 is 6.10 Å². The molecule has 3 rings (SSSR count). The van der Waals surface area contributed by atoms with Crippen LogP contribution in [-0.4, -0.2) is 26.4 Å². The van der Waals surface area contributed by atoms with E-state index in [1.54, 1.807) is 30.3 Å². The van der Waals surface area contributed by atoms with Crippen molar-refractivity contribution in [2.24, 2.45) is 0 Å². The second-order valence-electron chi connectivity index (χ2n) is 6.26. The third-order valence-corrected chi connectivity index (χ3v) is 5.62. The number of hydrogen-bond donors (Lipinski definition) is 1. The van der Waals surface area contributed by atoms with E-state index in [1.165, 1.54) is 23.9 Å². The van der Waals surface area contributed by atoms with E-state index in [1.807, 2.05) is 18.4 Å². The number of aromatic nitrogens is 3. The SMILES string of the molecule is CCn1c(SCC(=O)Nc2cc(Cl)ccc2Cl)nnc1C(C)Oc1ccc(F)cc1. The van der Waals surface area contributed by atoms with E-state index in [-0.39, 0.29) is 17.5 Å². The van der Waals surface area contributed by atoms with E-state index in [0.717, 1.165) is 0 Å². The number of benzene rings is 2. The fourth-order valence-corrected chi connectivity index (χ4v) is 3.83. The monoisotopic (exact) mass is 468 g/mol. The number of hydrogen-bond acceptors (Lipinski definition) is 5. The molecule has 1 heterocycles. The van der Waals surface area contributed by atoms with Gasteiger partial charge in [-0.15, -0.1) is 10.2 Å². The first-order valence-electron chi connectivity index (χ1n) is 9.10.